The van der Waals surface area contributed by atoms with Gasteiger partial charge in [0, 0.05) is 15.6 Å². The fraction of sp³-hybridized carbons (Fsp3) is 0.0952. The largest absolute Gasteiger partial charge is 0.493 e. The summed E-state index contributed by atoms with van der Waals surface area (Å²) in [5.74, 6) is 0.934. The number of benzene rings is 3. The molecule has 0 unspecified atom stereocenters. The predicted molar refractivity (Wildman–Crippen MR) is 118 cm³/mol. The second-order valence-electron chi connectivity index (χ2n) is 6.07. The summed E-state index contributed by atoms with van der Waals surface area (Å²) < 4.78 is 35.6. The van der Waals surface area contributed by atoms with E-state index in [0.29, 0.717) is 32.7 Å². The topological polar surface area (TPSA) is 77.0 Å². The summed E-state index contributed by atoms with van der Waals surface area (Å²) in [4.78, 5) is 2.30. The van der Waals surface area contributed by atoms with Crippen LogP contribution in [0.5, 0.6) is 11.5 Å². The molecule has 0 heterocycles. The van der Waals surface area contributed by atoms with Gasteiger partial charge in [0.05, 0.1) is 18.2 Å². The molecule has 1 N–H and O–H groups in total. The van der Waals surface area contributed by atoms with Crippen molar-refractivity contribution in [3.05, 3.63) is 87.9 Å². The number of sulfonamides is 1. The van der Waals surface area contributed by atoms with Crippen LogP contribution in [0.4, 0.5) is 0 Å². The van der Waals surface area contributed by atoms with E-state index in [2.05, 4.69) is 9.93 Å². The summed E-state index contributed by atoms with van der Waals surface area (Å²) >= 11 is 12.4. The van der Waals surface area contributed by atoms with E-state index in [9.17, 15) is 8.42 Å². The van der Waals surface area contributed by atoms with Crippen LogP contribution < -0.4 is 14.3 Å². The van der Waals surface area contributed by atoms with Crippen molar-refractivity contribution in [3.8, 4) is 11.5 Å². The summed E-state index contributed by atoms with van der Waals surface area (Å²) in [5.41, 5.74) is 1.25. The maximum absolute atomic E-state index is 12.2. The predicted octanol–water partition coefficient (Wildman–Crippen LogP) is 4.89. The molecule has 3 aromatic carbocycles. The maximum Gasteiger partial charge on any atom is 0.276 e. The lowest BCUT2D eigenvalue weighted by Crippen LogP contribution is -2.18. The fourth-order valence-corrected chi connectivity index (χ4v) is 3.85. The summed E-state index contributed by atoms with van der Waals surface area (Å²) in [6.45, 7) is 0.135. The number of hydrogen-bond donors (Lipinski definition) is 1. The lowest BCUT2D eigenvalue weighted by molar-refractivity contribution is 0.284. The van der Waals surface area contributed by atoms with Gasteiger partial charge in [-0.05, 0) is 48.0 Å². The molecule has 30 heavy (non-hydrogen) atoms. The Morgan fingerprint density at radius 1 is 0.967 bits per heavy atom. The number of rotatable bonds is 8. The van der Waals surface area contributed by atoms with E-state index in [4.69, 9.17) is 32.7 Å². The first-order valence-electron chi connectivity index (χ1n) is 8.74. The van der Waals surface area contributed by atoms with Gasteiger partial charge in [-0.3, -0.25) is 0 Å². The Labute approximate surface area is 185 Å². The molecule has 3 aromatic rings. The minimum atomic E-state index is -3.74. The van der Waals surface area contributed by atoms with Crippen LogP contribution >= 0.6 is 23.2 Å². The lowest BCUT2D eigenvalue weighted by Gasteiger charge is -2.13. The van der Waals surface area contributed by atoms with E-state index in [0.717, 1.165) is 0 Å². The number of ether oxygens (including phenoxy) is 2. The highest BCUT2D eigenvalue weighted by molar-refractivity contribution is 7.89. The van der Waals surface area contributed by atoms with Crippen molar-refractivity contribution in [2.24, 2.45) is 5.10 Å². The van der Waals surface area contributed by atoms with Crippen molar-refractivity contribution in [3.63, 3.8) is 0 Å². The second kappa shape index (κ2) is 9.84. The molecule has 0 atom stereocenters. The Morgan fingerprint density at radius 2 is 1.67 bits per heavy atom. The summed E-state index contributed by atoms with van der Waals surface area (Å²) in [6.07, 6.45) is 1.37. The molecular formula is C21H18Cl2N2O4S. The third kappa shape index (κ3) is 5.44. The molecule has 0 fully saturated rings. The summed E-state index contributed by atoms with van der Waals surface area (Å²) in [7, 11) is -2.22. The van der Waals surface area contributed by atoms with Gasteiger partial charge in [-0.25, -0.2) is 4.83 Å². The van der Waals surface area contributed by atoms with E-state index in [1.54, 1.807) is 54.6 Å². The Hall–Kier alpha value is -2.74. The van der Waals surface area contributed by atoms with Gasteiger partial charge in [-0.15, -0.1) is 0 Å². The molecule has 0 aliphatic carbocycles. The summed E-state index contributed by atoms with van der Waals surface area (Å²) in [5, 5.41) is 4.82. The minimum absolute atomic E-state index is 0.123. The van der Waals surface area contributed by atoms with Crippen molar-refractivity contribution in [2.45, 2.75) is 11.5 Å². The van der Waals surface area contributed by atoms with Crippen LogP contribution in [-0.4, -0.2) is 21.7 Å². The summed E-state index contributed by atoms with van der Waals surface area (Å²) in [6, 6.07) is 18.3. The van der Waals surface area contributed by atoms with Gasteiger partial charge in [0.2, 0.25) is 0 Å². The highest BCUT2D eigenvalue weighted by Gasteiger charge is 2.12. The molecule has 0 saturated heterocycles. The van der Waals surface area contributed by atoms with Crippen LogP contribution in [0.2, 0.25) is 10.0 Å². The van der Waals surface area contributed by atoms with Gasteiger partial charge < -0.3 is 9.47 Å². The van der Waals surface area contributed by atoms with Crippen LogP contribution in [0.15, 0.2) is 76.7 Å². The van der Waals surface area contributed by atoms with Crippen LogP contribution in [0.25, 0.3) is 0 Å². The molecule has 0 saturated carbocycles. The Bertz CT molecular complexity index is 1130. The molecule has 0 amide bonds. The number of nitrogens with one attached hydrogen (secondary N) is 1. The smallest absolute Gasteiger partial charge is 0.276 e. The van der Waals surface area contributed by atoms with Crippen molar-refractivity contribution in [1.29, 1.82) is 0 Å². The number of halogens is 2. The van der Waals surface area contributed by atoms with Crippen LogP contribution in [0.3, 0.4) is 0 Å². The molecule has 6 nitrogen and oxygen atoms in total. The van der Waals surface area contributed by atoms with Gasteiger partial charge in [0.25, 0.3) is 10.0 Å². The third-order valence-corrected chi connectivity index (χ3v) is 6.01. The minimum Gasteiger partial charge on any atom is -0.493 e. The van der Waals surface area contributed by atoms with Crippen molar-refractivity contribution in [2.75, 3.05) is 7.11 Å². The van der Waals surface area contributed by atoms with Gasteiger partial charge in [-0.1, -0.05) is 47.5 Å². The standard InChI is InChI=1S/C21H18Cl2N2O4S/c1-28-20-11-10-15(13-24-25-30(26,27)16-6-3-2-4-7-16)12-21(20)29-14-17-18(22)8-5-9-19(17)23/h2-13,25H,14H2,1H3/b24-13+. The Morgan fingerprint density at radius 3 is 2.33 bits per heavy atom. The van der Waals surface area contributed by atoms with E-state index in [-0.39, 0.29) is 11.5 Å². The maximum atomic E-state index is 12.2. The highest BCUT2D eigenvalue weighted by atomic mass is 35.5. The first-order valence-corrected chi connectivity index (χ1v) is 11.0. The monoisotopic (exact) mass is 464 g/mol. The average molecular weight is 465 g/mol. The molecule has 156 valence electrons. The number of methoxy groups -OCH3 is 1. The Balaban J connectivity index is 1.75. The van der Waals surface area contributed by atoms with Crippen molar-refractivity contribution in [1.82, 2.24) is 4.83 Å². The van der Waals surface area contributed by atoms with Gasteiger partial charge in [0.1, 0.15) is 6.61 Å². The molecule has 0 spiro atoms. The lowest BCUT2D eigenvalue weighted by atomic mass is 10.2. The molecule has 0 radical (unpaired) electrons. The van der Waals surface area contributed by atoms with E-state index in [1.807, 2.05) is 0 Å². The first-order chi connectivity index (χ1) is 14.4. The van der Waals surface area contributed by atoms with Gasteiger partial charge in [-0.2, -0.15) is 13.5 Å². The van der Waals surface area contributed by atoms with Gasteiger partial charge in [0.15, 0.2) is 11.5 Å². The van der Waals surface area contributed by atoms with Crippen LogP contribution in [0.1, 0.15) is 11.1 Å². The van der Waals surface area contributed by atoms with Crippen molar-refractivity contribution < 1.29 is 17.9 Å². The average Bonchev–Trinajstić information content (AvgIpc) is 2.74. The molecule has 0 bridgehead atoms. The quantitative estimate of drug-likeness (QED) is 0.380. The molecule has 0 aromatic heterocycles. The molecular weight excluding hydrogens is 447 g/mol. The van der Waals surface area contributed by atoms with E-state index >= 15 is 0 Å². The molecule has 0 aliphatic rings. The van der Waals surface area contributed by atoms with Crippen molar-refractivity contribution >= 4 is 39.4 Å². The second-order valence-corrected chi connectivity index (χ2v) is 8.54. The van der Waals surface area contributed by atoms with Crippen LogP contribution in [0, 0.1) is 0 Å². The van der Waals surface area contributed by atoms with Gasteiger partial charge >= 0.3 is 0 Å². The third-order valence-electron chi connectivity index (χ3n) is 4.06. The molecule has 3 rings (SSSR count). The normalized spacial score (nSPS) is 11.4. The van der Waals surface area contributed by atoms with E-state index < -0.39 is 10.0 Å². The zero-order valence-corrected chi connectivity index (χ0v) is 18.2. The molecule has 0 aliphatic heterocycles. The number of hydrazone groups is 1. The molecule has 9 heteroatoms. The van der Waals surface area contributed by atoms with Crippen LogP contribution in [-0.2, 0) is 16.6 Å². The van der Waals surface area contributed by atoms with E-state index in [1.165, 1.54) is 25.5 Å². The zero-order valence-electron chi connectivity index (χ0n) is 15.9. The Kier molecular flexibility index (Phi) is 7.20. The fourth-order valence-electron chi connectivity index (χ4n) is 2.53. The number of nitrogens with zero attached hydrogens (tertiary/aromatic N) is 1. The number of hydrogen-bond acceptors (Lipinski definition) is 5. The SMILES string of the molecule is COc1ccc(/C=N/NS(=O)(=O)c2ccccc2)cc1OCc1c(Cl)cccc1Cl. The zero-order chi connectivity index (χ0) is 21.6. The first kappa shape index (κ1) is 22.0. The highest BCUT2D eigenvalue weighted by Crippen LogP contribution is 2.31.